The van der Waals surface area contributed by atoms with Gasteiger partial charge in [0.05, 0.1) is 5.69 Å². The molecule has 0 saturated heterocycles. The number of rotatable bonds is 3. The van der Waals surface area contributed by atoms with E-state index in [1.54, 1.807) is 37.2 Å². The third kappa shape index (κ3) is 2.78. The Labute approximate surface area is 111 Å². The van der Waals surface area contributed by atoms with E-state index < -0.39 is 0 Å². The Bertz CT molecular complexity index is 514. The Hall–Kier alpha value is -2.24. The van der Waals surface area contributed by atoms with Gasteiger partial charge in [-0.2, -0.15) is 0 Å². The van der Waals surface area contributed by atoms with Crippen LogP contribution in [-0.4, -0.2) is 44.0 Å². The first kappa shape index (κ1) is 13.2. The Balaban J connectivity index is 2.16. The number of carbonyl (C=O) groups is 2. The molecule has 6 nitrogen and oxygen atoms in total. The lowest BCUT2D eigenvalue weighted by Gasteiger charge is -2.29. The summed E-state index contributed by atoms with van der Waals surface area (Å²) >= 11 is 0. The Morgan fingerprint density at radius 1 is 1.47 bits per heavy atom. The molecule has 19 heavy (non-hydrogen) atoms. The molecule has 1 aliphatic rings. The zero-order chi connectivity index (χ0) is 14.0. The van der Waals surface area contributed by atoms with Gasteiger partial charge in [0, 0.05) is 38.8 Å². The number of amides is 2. The van der Waals surface area contributed by atoms with Gasteiger partial charge in [-0.3, -0.25) is 9.59 Å². The van der Waals surface area contributed by atoms with Crippen LogP contribution in [0.5, 0.6) is 5.75 Å². The van der Waals surface area contributed by atoms with Gasteiger partial charge in [-0.1, -0.05) is 0 Å². The second-order valence-electron chi connectivity index (χ2n) is 4.60. The number of carbonyl (C=O) groups excluding carboxylic acids is 2. The zero-order valence-corrected chi connectivity index (χ0v) is 11.0. The minimum atomic E-state index is -0.149. The molecule has 1 aromatic carbocycles. The van der Waals surface area contributed by atoms with Crippen molar-refractivity contribution in [3.63, 3.8) is 0 Å². The Morgan fingerprint density at radius 2 is 2.21 bits per heavy atom. The molecular weight excluding hydrogens is 246 g/mol. The highest BCUT2D eigenvalue weighted by Crippen LogP contribution is 2.33. The van der Waals surface area contributed by atoms with Crippen molar-refractivity contribution < 1.29 is 14.3 Å². The number of benzene rings is 1. The maximum absolute atomic E-state index is 11.9. The van der Waals surface area contributed by atoms with Crippen LogP contribution in [0.4, 0.5) is 11.4 Å². The molecule has 6 heteroatoms. The third-order valence-electron chi connectivity index (χ3n) is 2.97. The van der Waals surface area contributed by atoms with E-state index in [4.69, 9.17) is 10.5 Å². The van der Waals surface area contributed by atoms with Gasteiger partial charge in [-0.05, 0) is 12.1 Å². The van der Waals surface area contributed by atoms with E-state index in [1.807, 2.05) is 0 Å². The summed E-state index contributed by atoms with van der Waals surface area (Å²) in [4.78, 5) is 26.5. The average Bonchev–Trinajstić information content (AvgIpc) is 2.37. The molecule has 0 saturated carbocycles. The third-order valence-corrected chi connectivity index (χ3v) is 2.97. The molecule has 2 amide bonds. The second kappa shape index (κ2) is 5.17. The van der Waals surface area contributed by atoms with Crippen LogP contribution in [0.25, 0.3) is 0 Å². The zero-order valence-electron chi connectivity index (χ0n) is 11.0. The quantitative estimate of drug-likeness (QED) is 0.804. The maximum Gasteiger partial charge on any atom is 0.265 e. The van der Waals surface area contributed by atoms with E-state index in [1.165, 1.54) is 4.90 Å². The van der Waals surface area contributed by atoms with E-state index in [9.17, 15) is 9.59 Å². The lowest BCUT2D eigenvalue weighted by atomic mass is 10.2. The molecule has 0 bridgehead atoms. The number of hydrogen-bond donors (Lipinski definition) is 1. The van der Waals surface area contributed by atoms with Gasteiger partial charge in [-0.15, -0.1) is 0 Å². The van der Waals surface area contributed by atoms with Crippen LogP contribution in [0.2, 0.25) is 0 Å². The van der Waals surface area contributed by atoms with E-state index in [2.05, 4.69) is 0 Å². The largest absolute Gasteiger partial charge is 0.481 e. The molecule has 2 N–H and O–H groups in total. The van der Waals surface area contributed by atoms with Gasteiger partial charge in [0.2, 0.25) is 5.91 Å². The highest BCUT2D eigenvalue weighted by atomic mass is 16.5. The molecule has 1 aromatic rings. The van der Waals surface area contributed by atoms with E-state index in [0.717, 1.165) is 0 Å². The molecule has 0 radical (unpaired) electrons. The van der Waals surface area contributed by atoms with Crippen molar-refractivity contribution in [3.05, 3.63) is 18.2 Å². The Morgan fingerprint density at radius 3 is 2.89 bits per heavy atom. The lowest BCUT2D eigenvalue weighted by molar-refractivity contribution is -0.128. The number of nitrogen functional groups attached to an aromatic ring is 1. The number of hydrogen-bond acceptors (Lipinski definition) is 4. The summed E-state index contributed by atoms with van der Waals surface area (Å²) in [6.45, 7) is 0.322. The molecule has 102 valence electrons. The summed E-state index contributed by atoms with van der Waals surface area (Å²) < 4.78 is 5.33. The highest BCUT2D eigenvalue weighted by molar-refractivity contribution is 5.98. The van der Waals surface area contributed by atoms with Crippen molar-refractivity contribution in [2.75, 3.05) is 37.9 Å². The first-order valence-corrected chi connectivity index (χ1v) is 6.02. The summed E-state index contributed by atoms with van der Waals surface area (Å²) in [6.07, 6.45) is 0.280. The number of fused-ring (bicyclic) bond motifs is 1. The average molecular weight is 263 g/mol. The fourth-order valence-corrected chi connectivity index (χ4v) is 1.90. The van der Waals surface area contributed by atoms with E-state index in [0.29, 0.717) is 23.7 Å². The number of nitrogens with two attached hydrogens (primary N) is 1. The predicted octanol–water partition coefficient (Wildman–Crippen LogP) is 0.473. The first-order valence-electron chi connectivity index (χ1n) is 6.02. The molecular formula is C13H17N3O3. The van der Waals surface area contributed by atoms with Crippen LogP contribution in [0.1, 0.15) is 6.42 Å². The minimum Gasteiger partial charge on any atom is -0.481 e. The van der Waals surface area contributed by atoms with Crippen LogP contribution < -0.4 is 15.4 Å². The van der Waals surface area contributed by atoms with Crippen LogP contribution in [0.15, 0.2) is 18.2 Å². The van der Waals surface area contributed by atoms with Gasteiger partial charge < -0.3 is 20.3 Å². The smallest absolute Gasteiger partial charge is 0.265 e. The van der Waals surface area contributed by atoms with Gasteiger partial charge >= 0.3 is 0 Å². The normalized spacial score (nSPS) is 13.8. The molecule has 0 atom stereocenters. The SMILES string of the molecule is CN(C)C(=O)CCN1C(=O)COc2cc(N)ccc21. The van der Waals surface area contributed by atoms with Gasteiger partial charge in [0.1, 0.15) is 5.75 Å². The van der Waals surface area contributed by atoms with Gasteiger partial charge in [0.25, 0.3) is 5.91 Å². The predicted molar refractivity (Wildman–Crippen MR) is 72.0 cm³/mol. The molecule has 0 spiro atoms. The van der Waals surface area contributed by atoms with Crippen molar-refractivity contribution >= 4 is 23.2 Å². The first-order chi connectivity index (χ1) is 8.99. The highest BCUT2D eigenvalue weighted by Gasteiger charge is 2.26. The van der Waals surface area contributed by atoms with Crippen LogP contribution in [0, 0.1) is 0 Å². The summed E-state index contributed by atoms with van der Waals surface area (Å²) in [5.41, 5.74) is 6.92. The van der Waals surface area contributed by atoms with Crippen molar-refractivity contribution in [2.24, 2.45) is 0 Å². The van der Waals surface area contributed by atoms with Gasteiger partial charge in [-0.25, -0.2) is 0 Å². The molecule has 2 rings (SSSR count). The summed E-state index contributed by atoms with van der Waals surface area (Å²) in [5.74, 6) is 0.414. The summed E-state index contributed by atoms with van der Waals surface area (Å²) in [6, 6.07) is 5.13. The summed E-state index contributed by atoms with van der Waals surface area (Å²) in [7, 11) is 3.39. The molecule has 1 aliphatic heterocycles. The number of anilines is 2. The topological polar surface area (TPSA) is 75.9 Å². The Kier molecular flexibility index (Phi) is 3.59. The van der Waals surface area contributed by atoms with Crippen LogP contribution in [0.3, 0.4) is 0 Å². The molecule has 0 unspecified atom stereocenters. The monoisotopic (exact) mass is 263 g/mol. The van der Waals surface area contributed by atoms with Gasteiger partial charge in [0.15, 0.2) is 6.61 Å². The van der Waals surface area contributed by atoms with Crippen LogP contribution >= 0.6 is 0 Å². The number of ether oxygens (including phenoxy) is 1. The lowest BCUT2D eigenvalue weighted by Crippen LogP contribution is -2.41. The fraction of sp³-hybridized carbons (Fsp3) is 0.385. The van der Waals surface area contributed by atoms with E-state index >= 15 is 0 Å². The van der Waals surface area contributed by atoms with Crippen LogP contribution in [-0.2, 0) is 9.59 Å². The fourth-order valence-electron chi connectivity index (χ4n) is 1.90. The van der Waals surface area contributed by atoms with Crippen molar-refractivity contribution in [2.45, 2.75) is 6.42 Å². The van der Waals surface area contributed by atoms with Crippen molar-refractivity contribution in [1.29, 1.82) is 0 Å². The number of nitrogens with zero attached hydrogens (tertiary/aromatic N) is 2. The minimum absolute atomic E-state index is 0.0173. The molecule has 0 aliphatic carbocycles. The van der Waals surface area contributed by atoms with Crippen molar-refractivity contribution in [1.82, 2.24) is 4.90 Å². The maximum atomic E-state index is 11.9. The standard InChI is InChI=1S/C13H17N3O3/c1-15(2)12(17)5-6-16-10-4-3-9(14)7-11(10)19-8-13(16)18/h3-4,7H,5-6,8,14H2,1-2H3. The molecule has 0 aromatic heterocycles. The van der Waals surface area contributed by atoms with E-state index in [-0.39, 0.29) is 24.8 Å². The molecule has 1 heterocycles. The summed E-state index contributed by atoms with van der Waals surface area (Å²) in [5, 5.41) is 0. The second-order valence-corrected chi connectivity index (χ2v) is 4.60. The molecule has 0 fully saturated rings. The van der Waals surface area contributed by atoms with Crippen molar-refractivity contribution in [3.8, 4) is 5.75 Å².